The Morgan fingerprint density at radius 3 is 2.96 bits per heavy atom. The highest BCUT2D eigenvalue weighted by atomic mass is 16.5. The molecule has 134 valence electrons. The molecular formula is C19H30N2O3. The zero-order chi connectivity index (χ0) is 17.5. The summed E-state index contributed by atoms with van der Waals surface area (Å²) in [6.07, 6.45) is 3.03. The molecule has 1 heterocycles. The van der Waals surface area contributed by atoms with Gasteiger partial charge in [-0.25, -0.2) is 0 Å². The van der Waals surface area contributed by atoms with Crippen LogP contribution in [0.2, 0.25) is 0 Å². The lowest BCUT2D eigenvalue weighted by Gasteiger charge is -2.33. The summed E-state index contributed by atoms with van der Waals surface area (Å²) < 4.78 is 5.76. The van der Waals surface area contributed by atoms with E-state index in [9.17, 15) is 9.90 Å². The molecule has 2 unspecified atom stereocenters. The number of carbonyl (C=O) groups is 1. The lowest BCUT2D eigenvalue weighted by molar-refractivity contribution is -0.118. The van der Waals surface area contributed by atoms with E-state index in [0.29, 0.717) is 25.5 Å². The van der Waals surface area contributed by atoms with Crippen molar-refractivity contribution in [3.63, 3.8) is 0 Å². The number of aliphatic hydroxyl groups excluding tert-OH is 1. The average Bonchev–Trinajstić information content (AvgIpc) is 2.52. The molecule has 1 aromatic carbocycles. The van der Waals surface area contributed by atoms with Crippen LogP contribution in [0.25, 0.3) is 0 Å². The molecule has 2 rings (SSSR count). The fourth-order valence-corrected chi connectivity index (χ4v) is 3.40. The van der Waals surface area contributed by atoms with Crippen molar-refractivity contribution in [1.29, 1.82) is 0 Å². The summed E-state index contributed by atoms with van der Waals surface area (Å²) in [5.74, 6) is 1.10. The fraction of sp³-hybridized carbons (Fsp3) is 0.632. The van der Waals surface area contributed by atoms with Gasteiger partial charge in [-0.3, -0.25) is 4.79 Å². The van der Waals surface area contributed by atoms with Crippen molar-refractivity contribution in [2.24, 2.45) is 11.7 Å². The number of nitrogens with two attached hydrogens (primary N) is 1. The zero-order valence-corrected chi connectivity index (χ0v) is 14.8. The van der Waals surface area contributed by atoms with Crippen LogP contribution in [-0.2, 0) is 4.79 Å². The smallest absolute Gasteiger partial charge is 0.217 e. The second-order valence-electron chi connectivity index (χ2n) is 7.01. The standard InChI is InChI=1S/C19H30N2O3/c1-14-5-7-18(15(2)10-14)24-13-17(22)12-21-9-3-4-16(11-21)6-8-19(20)23/h5,7,10,16-17,22H,3-4,6,8-9,11-13H2,1-2H3,(H2,20,23). The van der Waals surface area contributed by atoms with Crippen molar-refractivity contribution >= 4 is 5.91 Å². The molecule has 0 aromatic heterocycles. The summed E-state index contributed by atoms with van der Waals surface area (Å²) in [7, 11) is 0. The third-order valence-corrected chi connectivity index (χ3v) is 4.63. The maximum absolute atomic E-state index is 10.9. The van der Waals surface area contributed by atoms with Gasteiger partial charge in [0.25, 0.3) is 0 Å². The minimum Gasteiger partial charge on any atom is -0.491 e. The van der Waals surface area contributed by atoms with Gasteiger partial charge in [-0.15, -0.1) is 0 Å². The van der Waals surface area contributed by atoms with E-state index in [-0.39, 0.29) is 5.91 Å². The van der Waals surface area contributed by atoms with Crippen LogP contribution < -0.4 is 10.5 Å². The van der Waals surface area contributed by atoms with Gasteiger partial charge in [0.05, 0.1) is 0 Å². The van der Waals surface area contributed by atoms with Crippen molar-refractivity contribution in [3.8, 4) is 5.75 Å². The van der Waals surface area contributed by atoms with Crippen LogP contribution in [0.3, 0.4) is 0 Å². The molecule has 1 aromatic rings. The van der Waals surface area contributed by atoms with Crippen LogP contribution in [0.15, 0.2) is 18.2 Å². The predicted molar refractivity (Wildman–Crippen MR) is 95.0 cm³/mol. The molecule has 0 radical (unpaired) electrons. The van der Waals surface area contributed by atoms with Gasteiger partial charge in [-0.2, -0.15) is 0 Å². The number of hydrogen-bond donors (Lipinski definition) is 2. The average molecular weight is 334 g/mol. The molecule has 3 N–H and O–H groups in total. The van der Waals surface area contributed by atoms with E-state index < -0.39 is 6.10 Å². The Hall–Kier alpha value is -1.59. The highest BCUT2D eigenvalue weighted by Crippen LogP contribution is 2.22. The van der Waals surface area contributed by atoms with Gasteiger partial charge in [0.15, 0.2) is 0 Å². The molecule has 24 heavy (non-hydrogen) atoms. The van der Waals surface area contributed by atoms with Gasteiger partial charge >= 0.3 is 0 Å². The number of benzene rings is 1. The summed E-state index contributed by atoms with van der Waals surface area (Å²) >= 11 is 0. The van der Waals surface area contributed by atoms with Crippen LogP contribution in [0.1, 0.15) is 36.8 Å². The maximum atomic E-state index is 10.9. The second-order valence-corrected chi connectivity index (χ2v) is 7.01. The summed E-state index contributed by atoms with van der Waals surface area (Å²) in [6, 6.07) is 6.05. The molecular weight excluding hydrogens is 304 g/mol. The third kappa shape index (κ3) is 6.13. The van der Waals surface area contributed by atoms with Crippen molar-refractivity contribution in [1.82, 2.24) is 4.90 Å². The normalized spacial score (nSPS) is 19.9. The van der Waals surface area contributed by atoms with Crippen LogP contribution >= 0.6 is 0 Å². The molecule has 2 atom stereocenters. The van der Waals surface area contributed by atoms with E-state index in [4.69, 9.17) is 10.5 Å². The summed E-state index contributed by atoms with van der Waals surface area (Å²) in [5, 5.41) is 10.3. The number of hydrogen-bond acceptors (Lipinski definition) is 4. The van der Waals surface area contributed by atoms with Gasteiger partial charge in [-0.05, 0) is 57.2 Å². The first-order valence-electron chi connectivity index (χ1n) is 8.83. The maximum Gasteiger partial charge on any atom is 0.217 e. The first-order chi connectivity index (χ1) is 11.4. The van der Waals surface area contributed by atoms with E-state index in [1.54, 1.807) is 0 Å². The SMILES string of the molecule is Cc1ccc(OCC(O)CN2CCCC(CCC(N)=O)C2)c(C)c1. The van der Waals surface area contributed by atoms with E-state index in [0.717, 1.165) is 43.7 Å². The molecule has 0 spiro atoms. The molecule has 1 aliphatic heterocycles. The van der Waals surface area contributed by atoms with Gasteiger partial charge in [0.2, 0.25) is 5.91 Å². The van der Waals surface area contributed by atoms with E-state index in [1.165, 1.54) is 5.56 Å². The fourth-order valence-electron chi connectivity index (χ4n) is 3.40. The number of carbonyl (C=O) groups excluding carboxylic acids is 1. The Balaban J connectivity index is 1.75. The quantitative estimate of drug-likeness (QED) is 0.763. The first-order valence-corrected chi connectivity index (χ1v) is 8.83. The number of piperidine rings is 1. The number of β-amino-alcohol motifs (C(OH)–C–C–N with tert-alkyl or cyclic N) is 1. The summed E-state index contributed by atoms with van der Waals surface area (Å²) in [6.45, 7) is 6.89. The lowest BCUT2D eigenvalue weighted by Crippen LogP contribution is -2.42. The Morgan fingerprint density at radius 1 is 1.46 bits per heavy atom. The van der Waals surface area contributed by atoms with Crippen molar-refractivity contribution in [2.45, 2.75) is 45.6 Å². The molecule has 1 amide bonds. The minimum atomic E-state index is -0.513. The van der Waals surface area contributed by atoms with Gasteiger partial charge in [0.1, 0.15) is 18.5 Å². The van der Waals surface area contributed by atoms with E-state index in [2.05, 4.69) is 17.9 Å². The molecule has 1 saturated heterocycles. The Morgan fingerprint density at radius 2 is 2.25 bits per heavy atom. The van der Waals surface area contributed by atoms with Crippen LogP contribution in [-0.4, -0.2) is 48.3 Å². The molecule has 0 bridgehead atoms. The number of aryl methyl sites for hydroxylation is 2. The molecule has 5 heteroatoms. The van der Waals surface area contributed by atoms with Gasteiger partial charge < -0.3 is 20.5 Å². The van der Waals surface area contributed by atoms with Crippen LogP contribution in [0.5, 0.6) is 5.75 Å². The zero-order valence-electron chi connectivity index (χ0n) is 14.8. The molecule has 0 aliphatic carbocycles. The Kier molecular flexibility index (Phi) is 7.06. The van der Waals surface area contributed by atoms with Crippen LogP contribution in [0.4, 0.5) is 0 Å². The second kappa shape index (κ2) is 9.04. The highest BCUT2D eigenvalue weighted by Gasteiger charge is 2.22. The van der Waals surface area contributed by atoms with Crippen LogP contribution in [0, 0.1) is 19.8 Å². The van der Waals surface area contributed by atoms with Crippen molar-refractivity contribution in [3.05, 3.63) is 29.3 Å². The Labute approximate surface area is 144 Å². The van der Waals surface area contributed by atoms with Crippen molar-refractivity contribution < 1.29 is 14.6 Å². The number of likely N-dealkylation sites (tertiary alicyclic amines) is 1. The first kappa shape index (κ1) is 18.7. The van der Waals surface area contributed by atoms with Gasteiger partial charge in [-0.1, -0.05) is 17.7 Å². The summed E-state index contributed by atoms with van der Waals surface area (Å²) in [5.41, 5.74) is 7.53. The molecule has 1 fully saturated rings. The van der Waals surface area contributed by atoms with E-state index in [1.807, 2.05) is 19.1 Å². The minimum absolute atomic E-state index is 0.228. The molecule has 0 saturated carbocycles. The number of amides is 1. The largest absolute Gasteiger partial charge is 0.491 e. The number of primary amides is 1. The Bertz CT molecular complexity index is 547. The highest BCUT2D eigenvalue weighted by molar-refractivity contribution is 5.73. The van der Waals surface area contributed by atoms with Gasteiger partial charge in [0, 0.05) is 19.5 Å². The van der Waals surface area contributed by atoms with E-state index >= 15 is 0 Å². The molecule has 1 aliphatic rings. The predicted octanol–water partition coefficient (Wildman–Crippen LogP) is 2.02. The number of ether oxygens (including phenoxy) is 1. The number of aliphatic hydroxyl groups is 1. The summed E-state index contributed by atoms with van der Waals surface area (Å²) in [4.78, 5) is 13.2. The van der Waals surface area contributed by atoms with Crippen molar-refractivity contribution in [2.75, 3.05) is 26.2 Å². The third-order valence-electron chi connectivity index (χ3n) is 4.63. The lowest BCUT2D eigenvalue weighted by atomic mass is 9.93. The number of nitrogens with zero attached hydrogens (tertiary/aromatic N) is 1. The monoisotopic (exact) mass is 334 g/mol. The number of rotatable bonds is 8. The molecule has 5 nitrogen and oxygen atoms in total. The topological polar surface area (TPSA) is 75.8 Å².